The van der Waals surface area contributed by atoms with Crippen molar-refractivity contribution in [3.63, 3.8) is 0 Å². The van der Waals surface area contributed by atoms with Crippen LogP contribution >= 0.6 is 11.6 Å². The number of rotatable bonds is 3. The molecule has 4 heteroatoms. The molecule has 0 radical (unpaired) electrons. The zero-order valence-electron chi connectivity index (χ0n) is 8.52. The van der Waals surface area contributed by atoms with Crippen LogP contribution in [-0.2, 0) is 12.3 Å². The molecular weight excluding hydrogens is 210 g/mol. The van der Waals surface area contributed by atoms with Crippen LogP contribution in [0.5, 0.6) is 0 Å². The van der Waals surface area contributed by atoms with Crippen LogP contribution in [0, 0.1) is 0 Å². The van der Waals surface area contributed by atoms with Crippen LogP contribution < -0.4 is 0 Å². The number of hydrogen-bond acceptors (Lipinski definition) is 2. The lowest BCUT2D eigenvalue weighted by atomic mass is 10.3. The van der Waals surface area contributed by atoms with Crippen molar-refractivity contribution in [2.45, 2.75) is 19.2 Å². The van der Waals surface area contributed by atoms with Gasteiger partial charge in [-0.2, -0.15) is 5.10 Å². The first kappa shape index (κ1) is 10.2. The van der Waals surface area contributed by atoms with Crippen molar-refractivity contribution in [1.82, 2.24) is 14.8 Å². The van der Waals surface area contributed by atoms with Crippen LogP contribution in [0.15, 0.2) is 30.7 Å². The number of hydrogen-bond donors (Lipinski definition) is 0. The summed E-state index contributed by atoms with van der Waals surface area (Å²) in [5.74, 6) is 1.32. The Morgan fingerprint density at radius 2 is 2.13 bits per heavy atom. The van der Waals surface area contributed by atoms with E-state index in [9.17, 15) is 0 Å². The molecule has 2 rings (SSSR count). The Labute approximate surface area is 93.7 Å². The lowest BCUT2D eigenvalue weighted by Gasteiger charge is -2.00. The van der Waals surface area contributed by atoms with Crippen molar-refractivity contribution in [3.8, 4) is 5.82 Å². The molecule has 2 heterocycles. The highest BCUT2D eigenvalue weighted by Crippen LogP contribution is 2.08. The van der Waals surface area contributed by atoms with Gasteiger partial charge in [-0.1, -0.05) is 13.0 Å². The summed E-state index contributed by atoms with van der Waals surface area (Å²) in [6, 6.07) is 3.88. The molecule has 0 atom stereocenters. The molecule has 0 aromatic carbocycles. The third kappa shape index (κ3) is 2.18. The van der Waals surface area contributed by atoms with Crippen LogP contribution in [0.2, 0.25) is 0 Å². The van der Waals surface area contributed by atoms with Crippen molar-refractivity contribution in [1.29, 1.82) is 0 Å². The van der Waals surface area contributed by atoms with E-state index in [4.69, 9.17) is 11.6 Å². The number of alkyl halides is 1. The molecular formula is C11H12ClN3. The van der Waals surface area contributed by atoms with Gasteiger partial charge in [0.05, 0.1) is 6.20 Å². The van der Waals surface area contributed by atoms with Crippen LogP contribution in [-0.4, -0.2) is 14.8 Å². The fourth-order valence-corrected chi connectivity index (χ4v) is 1.46. The van der Waals surface area contributed by atoms with Gasteiger partial charge in [-0.15, -0.1) is 11.6 Å². The first-order chi connectivity index (χ1) is 7.33. The maximum Gasteiger partial charge on any atom is 0.153 e. The van der Waals surface area contributed by atoms with Gasteiger partial charge in [-0.05, 0) is 23.6 Å². The average molecular weight is 222 g/mol. The van der Waals surface area contributed by atoms with Crippen molar-refractivity contribution >= 4 is 11.6 Å². The zero-order chi connectivity index (χ0) is 10.7. The summed E-state index contributed by atoms with van der Waals surface area (Å²) in [6.45, 7) is 2.10. The monoisotopic (exact) mass is 221 g/mol. The molecule has 0 bridgehead atoms. The van der Waals surface area contributed by atoms with Crippen LogP contribution in [0.1, 0.15) is 18.1 Å². The largest absolute Gasteiger partial charge is 0.237 e. The van der Waals surface area contributed by atoms with E-state index in [-0.39, 0.29) is 0 Å². The second kappa shape index (κ2) is 4.45. The summed E-state index contributed by atoms with van der Waals surface area (Å²) in [6.07, 6.45) is 6.61. The van der Waals surface area contributed by atoms with Gasteiger partial charge < -0.3 is 0 Å². The number of halogens is 1. The minimum absolute atomic E-state index is 0.493. The third-order valence-electron chi connectivity index (χ3n) is 2.24. The Bertz CT molecular complexity index is 433. The van der Waals surface area contributed by atoms with E-state index in [0.717, 1.165) is 17.8 Å². The predicted octanol–water partition coefficient (Wildman–Crippen LogP) is 2.57. The standard InChI is InChI=1S/C11H12ClN3/c1-2-9-7-14-15(8-9)11-4-3-10(5-12)6-13-11/h3-4,6-8H,2,5H2,1H3. The lowest BCUT2D eigenvalue weighted by Crippen LogP contribution is -1.97. The summed E-state index contributed by atoms with van der Waals surface area (Å²) in [5.41, 5.74) is 2.22. The highest BCUT2D eigenvalue weighted by Gasteiger charge is 2.00. The molecule has 0 aliphatic heterocycles. The molecule has 3 nitrogen and oxygen atoms in total. The Balaban J connectivity index is 2.28. The van der Waals surface area contributed by atoms with Gasteiger partial charge in [0.15, 0.2) is 5.82 Å². The van der Waals surface area contributed by atoms with Gasteiger partial charge in [0.25, 0.3) is 0 Å². The van der Waals surface area contributed by atoms with Crippen molar-refractivity contribution < 1.29 is 0 Å². The van der Waals surface area contributed by atoms with E-state index >= 15 is 0 Å². The smallest absolute Gasteiger partial charge is 0.153 e. The number of pyridine rings is 1. The first-order valence-corrected chi connectivity index (χ1v) is 5.41. The van der Waals surface area contributed by atoms with Gasteiger partial charge in [0.1, 0.15) is 0 Å². The molecule has 0 amide bonds. The summed E-state index contributed by atoms with van der Waals surface area (Å²) in [5, 5.41) is 4.23. The first-order valence-electron chi connectivity index (χ1n) is 4.88. The molecule has 0 aliphatic rings. The number of aromatic nitrogens is 3. The fourth-order valence-electron chi connectivity index (χ4n) is 1.30. The van der Waals surface area contributed by atoms with Gasteiger partial charge in [0, 0.05) is 18.3 Å². The Kier molecular flexibility index (Phi) is 3.02. The molecule has 2 aromatic heterocycles. The maximum absolute atomic E-state index is 5.69. The van der Waals surface area contributed by atoms with E-state index in [1.807, 2.05) is 24.5 Å². The average Bonchev–Trinajstić information content (AvgIpc) is 2.78. The molecule has 0 saturated heterocycles. The number of aryl methyl sites for hydroxylation is 1. The molecule has 15 heavy (non-hydrogen) atoms. The Morgan fingerprint density at radius 3 is 2.67 bits per heavy atom. The van der Waals surface area contributed by atoms with Gasteiger partial charge in [0.2, 0.25) is 0 Å². The molecule has 0 spiro atoms. The topological polar surface area (TPSA) is 30.7 Å². The molecule has 2 aromatic rings. The fraction of sp³-hybridized carbons (Fsp3) is 0.273. The van der Waals surface area contributed by atoms with Crippen molar-refractivity contribution in [3.05, 3.63) is 41.9 Å². The molecule has 78 valence electrons. The maximum atomic E-state index is 5.69. The zero-order valence-corrected chi connectivity index (χ0v) is 9.28. The normalized spacial score (nSPS) is 10.5. The quantitative estimate of drug-likeness (QED) is 0.746. The third-order valence-corrected chi connectivity index (χ3v) is 2.55. The molecule has 0 saturated carbocycles. The summed E-state index contributed by atoms with van der Waals surface area (Å²) in [7, 11) is 0. The SMILES string of the molecule is CCc1cnn(-c2ccc(CCl)cn2)c1. The summed E-state index contributed by atoms with van der Waals surface area (Å²) in [4.78, 5) is 4.28. The van der Waals surface area contributed by atoms with E-state index in [1.165, 1.54) is 5.56 Å². The van der Waals surface area contributed by atoms with Crippen molar-refractivity contribution in [2.75, 3.05) is 0 Å². The Morgan fingerprint density at radius 1 is 1.27 bits per heavy atom. The van der Waals surface area contributed by atoms with Gasteiger partial charge >= 0.3 is 0 Å². The minimum atomic E-state index is 0.493. The lowest BCUT2D eigenvalue weighted by molar-refractivity contribution is 0.844. The second-order valence-electron chi connectivity index (χ2n) is 3.30. The summed E-state index contributed by atoms with van der Waals surface area (Å²) < 4.78 is 1.77. The second-order valence-corrected chi connectivity index (χ2v) is 3.57. The van der Waals surface area contributed by atoms with Gasteiger partial charge in [-0.25, -0.2) is 9.67 Å². The molecule has 0 aliphatic carbocycles. The highest BCUT2D eigenvalue weighted by atomic mass is 35.5. The van der Waals surface area contributed by atoms with Crippen LogP contribution in [0.3, 0.4) is 0 Å². The predicted molar refractivity (Wildman–Crippen MR) is 60.3 cm³/mol. The van der Waals surface area contributed by atoms with E-state index in [0.29, 0.717) is 5.88 Å². The van der Waals surface area contributed by atoms with E-state index in [1.54, 1.807) is 10.9 Å². The molecule has 0 N–H and O–H groups in total. The van der Waals surface area contributed by atoms with Crippen LogP contribution in [0.25, 0.3) is 5.82 Å². The summed E-state index contributed by atoms with van der Waals surface area (Å²) >= 11 is 5.69. The van der Waals surface area contributed by atoms with E-state index in [2.05, 4.69) is 17.0 Å². The minimum Gasteiger partial charge on any atom is -0.237 e. The highest BCUT2D eigenvalue weighted by molar-refractivity contribution is 6.17. The van der Waals surface area contributed by atoms with E-state index < -0.39 is 0 Å². The Hall–Kier alpha value is -1.35. The van der Waals surface area contributed by atoms with Crippen LogP contribution in [0.4, 0.5) is 0 Å². The molecule has 0 fully saturated rings. The molecule has 0 unspecified atom stereocenters. The number of nitrogens with zero attached hydrogens (tertiary/aromatic N) is 3. The van der Waals surface area contributed by atoms with Crippen molar-refractivity contribution in [2.24, 2.45) is 0 Å². The van der Waals surface area contributed by atoms with Gasteiger partial charge in [-0.3, -0.25) is 0 Å².